The van der Waals surface area contributed by atoms with Crippen LogP contribution in [-0.2, 0) is 12.5 Å². The van der Waals surface area contributed by atoms with Crippen LogP contribution in [0.3, 0.4) is 0 Å². The molecule has 0 amide bonds. The first kappa shape index (κ1) is 23.1. The zero-order valence-corrected chi connectivity index (χ0v) is 17.3. The fraction of sp³-hybridized carbons (Fsp3) is 0.280. The van der Waals surface area contributed by atoms with Gasteiger partial charge in [0.2, 0.25) is 0 Å². The fourth-order valence-electron chi connectivity index (χ4n) is 4.21. The molecule has 0 radical (unpaired) electrons. The van der Waals surface area contributed by atoms with Gasteiger partial charge in [-0.25, -0.2) is 22.0 Å². The average molecular weight is 468 g/mol. The van der Waals surface area contributed by atoms with Crippen LogP contribution in [0.1, 0.15) is 36.8 Å². The van der Waals surface area contributed by atoms with Gasteiger partial charge in [0.25, 0.3) is 0 Å². The molecule has 1 saturated carbocycles. The highest BCUT2D eigenvalue weighted by molar-refractivity contribution is 5.65. The largest absolute Gasteiger partial charge is 0.432 e. The summed E-state index contributed by atoms with van der Waals surface area (Å²) in [6, 6.07) is 7.03. The second kappa shape index (κ2) is 9.08. The van der Waals surface area contributed by atoms with Crippen LogP contribution in [0.4, 0.5) is 30.7 Å². The lowest BCUT2D eigenvalue weighted by Gasteiger charge is -2.20. The first-order chi connectivity index (χ1) is 15.6. The van der Waals surface area contributed by atoms with E-state index in [9.17, 15) is 30.7 Å². The van der Waals surface area contributed by atoms with Gasteiger partial charge in [-0.1, -0.05) is 37.8 Å². The van der Waals surface area contributed by atoms with Gasteiger partial charge in [-0.15, -0.1) is 0 Å². The Bertz CT molecular complexity index is 1150. The van der Waals surface area contributed by atoms with Crippen LogP contribution in [0.15, 0.2) is 48.5 Å². The van der Waals surface area contributed by atoms with E-state index in [4.69, 9.17) is 0 Å². The van der Waals surface area contributed by atoms with Crippen molar-refractivity contribution in [2.24, 2.45) is 5.92 Å². The molecule has 0 saturated heterocycles. The fourth-order valence-corrected chi connectivity index (χ4v) is 4.21. The van der Waals surface area contributed by atoms with Crippen LogP contribution in [0.5, 0.6) is 5.75 Å². The van der Waals surface area contributed by atoms with Gasteiger partial charge in [-0.05, 0) is 53.8 Å². The van der Waals surface area contributed by atoms with E-state index in [1.54, 1.807) is 6.07 Å². The Kier molecular flexibility index (Phi) is 6.36. The maximum Gasteiger partial charge on any atom is 0.432 e. The van der Waals surface area contributed by atoms with Crippen molar-refractivity contribution in [2.45, 2.75) is 38.2 Å². The highest BCUT2D eigenvalue weighted by atomic mass is 19.3. The quantitative estimate of drug-likeness (QED) is 0.334. The Labute approximate surface area is 185 Å². The SMILES string of the molecule is Fc1ccc(OC(F)(F)c2c(F)cc(-c3ccc(CC4CCCC4)cc3F)cc2F)cc1F. The molecule has 0 N–H and O–H groups in total. The number of hydrogen-bond acceptors (Lipinski definition) is 1. The molecule has 0 spiro atoms. The smallest absolute Gasteiger partial charge is 0.429 e. The van der Waals surface area contributed by atoms with E-state index in [2.05, 4.69) is 4.74 Å². The van der Waals surface area contributed by atoms with Crippen molar-refractivity contribution in [2.75, 3.05) is 0 Å². The van der Waals surface area contributed by atoms with Gasteiger partial charge in [-0.2, -0.15) is 8.78 Å². The molecule has 0 atom stereocenters. The third-order valence-electron chi connectivity index (χ3n) is 5.81. The van der Waals surface area contributed by atoms with E-state index >= 15 is 0 Å². The van der Waals surface area contributed by atoms with Crippen molar-refractivity contribution in [3.05, 3.63) is 88.7 Å². The van der Waals surface area contributed by atoms with E-state index < -0.39 is 46.5 Å². The Hall–Kier alpha value is -3.03. The van der Waals surface area contributed by atoms with E-state index in [0.29, 0.717) is 42.7 Å². The number of hydrogen-bond donors (Lipinski definition) is 0. The summed E-state index contributed by atoms with van der Waals surface area (Å²) < 4.78 is 103. The van der Waals surface area contributed by atoms with Crippen molar-refractivity contribution in [3.8, 4) is 16.9 Å². The Morgan fingerprint density at radius 2 is 1.39 bits per heavy atom. The minimum absolute atomic E-state index is 0.139. The number of halogens is 7. The highest BCUT2D eigenvalue weighted by Crippen LogP contribution is 2.38. The van der Waals surface area contributed by atoms with Crippen LogP contribution in [-0.4, -0.2) is 0 Å². The monoisotopic (exact) mass is 468 g/mol. The zero-order chi connectivity index (χ0) is 23.8. The van der Waals surface area contributed by atoms with Gasteiger partial charge in [0.05, 0.1) is 0 Å². The second-order valence-electron chi connectivity index (χ2n) is 8.18. The van der Waals surface area contributed by atoms with E-state index in [-0.39, 0.29) is 11.1 Å². The molecule has 0 bridgehead atoms. The van der Waals surface area contributed by atoms with Crippen molar-refractivity contribution in [3.63, 3.8) is 0 Å². The zero-order valence-electron chi connectivity index (χ0n) is 17.3. The number of rotatable bonds is 6. The number of ether oxygens (including phenoxy) is 1. The Morgan fingerprint density at radius 3 is 2.00 bits per heavy atom. The van der Waals surface area contributed by atoms with Gasteiger partial charge < -0.3 is 4.74 Å². The lowest BCUT2D eigenvalue weighted by Crippen LogP contribution is -2.25. The first-order valence-corrected chi connectivity index (χ1v) is 10.4. The molecule has 1 aliphatic carbocycles. The maximum atomic E-state index is 14.7. The molecule has 4 rings (SSSR count). The molecule has 0 aliphatic heterocycles. The first-order valence-electron chi connectivity index (χ1n) is 10.4. The summed E-state index contributed by atoms with van der Waals surface area (Å²) in [5.74, 6) is -7.19. The summed E-state index contributed by atoms with van der Waals surface area (Å²) in [5.41, 5.74) is -1.37. The molecule has 3 aromatic rings. The van der Waals surface area contributed by atoms with Crippen molar-refractivity contribution in [1.82, 2.24) is 0 Å². The summed E-state index contributed by atoms with van der Waals surface area (Å²) in [5, 5.41) is 0. The van der Waals surface area contributed by atoms with E-state index in [0.717, 1.165) is 31.2 Å². The molecule has 0 aromatic heterocycles. The topological polar surface area (TPSA) is 9.23 Å². The molecule has 1 fully saturated rings. The number of alkyl halides is 2. The normalized spacial score (nSPS) is 14.6. The van der Waals surface area contributed by atoms with Crippen LogP contribution < -0.4 is 4.74 Å². The molecule has 8 heteroatoms. The lowest BCUT2D eigenvalue weighted by atomic mass is 9.95. The number of benzene rings is 3. The molecule has 1 nitrogen and oxygen atoms in total. The van der Waals surface area contributed by atoms with Gasteiger partial charge in [0.15, 0.2) is 11.6 Å². The molecule has 1 aliphatic rings. The van der Waals surface area contributed by atoms with Gasteiger partial charge in [0, 0.05) is 11.6 Å². The Balaban J connectivity index is 1.60. The Morgan fingerprint density at radius 1 is 0.727 bits per heavy atom. The summed E-state index contributed by atoms with van der Waals surface area (Å²) in [7, 11) is 0. The van der Waals surface area contributed by atoms with Crippen molar-refractivity contribution in [1.29, 1.82) is 0 Å². The van der Waals surface area contributed by atoms with Crippen LogP contribution in [0.25, 0.3) is 11.1 Å². The molecular formula is C25H19F7O. The average Bonchev–Trinajstić information content (AvgIpc) is 3.23. The second-order valence-corrected chi connectivity index (χ2v) is 8.18. The van der Waals surface area contributed by atoms with Crippen molar-refractivity contribution < 1.29 is 35.5 Å². The standard InChI is InChI=1S/C25H19F7O/c26-19-8-6-17(13-21(19)28)33-25(31,32)24-22(29)11-16(12-23(24)30)18-7-5-15(10-20(18)27)9-14-3-1-2-4-14/h5-8,10-14H,1-4,9H2. The van der Waals surface area contributed by atoms with Crippen LogP contribution in [0.2, 0.25) is 0 Å². The van der Waals surface area contributed by atoms with Crippen LogP contribution in [0, 0.1) is 35.0 Å². The lowest BCUT2D eigenvalue weighted by molar-refractivity contribution is -0.189. The predicted molar refractivity (Wildman–Crippen MR) is 108 cm³/mol. The third-order valence-corrected chi connectivity index (χ3v) is 5.81. The minimum Gasteiger partial charge on any atom is -0.429 e. The van der Waals surface area contributed by atoms with E-state index in [1.807, 2.05) is 0 Å². The van der Waals surface area contributed by atoms with Crippen molar-refractivity contribution >= 4 is 0 Å². The molecular weight excluding hydrogens is 449 g/mol. The third kappa shape index (κ3) is 4.99. The highest BCUT2D eigenvalue weighted by Gasteiger charge is 2.41. The minimum atomic E-state index is -4.54. The van der Waals surface area contributed by atoms with Gasteiger partial charge >= 0.3 is 6.11 Å². The van der Waals surface area contributed by atoms with Gasteiger partial charge in [-0.3, -0.25) is 0 Å². The molecule has 174 valence electrons. The summed E-state index contributed by atoms with van der Waals surface area (Å²) in [6.45, 7) is 0. The maximum absolute atomic E-state index is 14.7. The molecule has 0 heterocycles. The molecule has 0 unspecified atom stereocenters. The molecule has 3 aromatic carbocycles. The van der Waals surface area contributed by atoms with Gasteiger partial charge in [0.1, 0.15) is 28.8 Å². The summed E-state index contributed by atoms with van der Waals surface area (Å²) >= 11 is 0. The summed E-state index contributed by atoms with van der Waals surface area (Å²) in [6.07, 6.45) is 0.582. The molecule has 33 heavy (non-hydrogen) atoms. The van der Waals surface area contributed by atoms with Crippen LogP contribution >= 0.6 is 0 Å². The summed E-state index contributed by atoms with van der Waals surface area (Å²) in [4.78, 5) is 0. The predicted octanol–water partition coefficient (Wildman–Crippen LogP) is 7.91. The van der Waals surface area contributed by atoms with E-state index in [1.165, 1.54) is 12.1 Å².